The molecule has 2 N–H and O–H groups in total. The molecule has 1 fully saturated rings. The molecule has 1 aliphatic heterocycles. The van der Waals surface area contributed by atoms with Gasteiger partial charge in [0.25, 0.3) is 0 Å². The normalized spacial score (nSPS) is 19.0. The van der Waals surface area contributed by atoms with E-state index >= 15 is 0 Å². The summed E-state index contributed by atoms with van der Waals surface area (Å²) in [4.78, 5) is 13.2. The van der Waals surface area contributed by atoms with E-state index in [0.29, 0.717) is 37.4 Å². The van der Waals surface area contributed by atoms with Gasteiger partial charge in [0.2, 0.25) is 5.91 Å². The highest BCUT2D eigenvalue weighted by atomic mass is 19.3. The predicted molar refractivity (Wildman–Crippen MR) is 72.2 cm³/mol. The number of carbonyl (C=O) groups is 1. The van der Waals surface area contributed by atoms with Gasteiger partial charge in [-0.3, -0.25) is 9.69 Å². The largest absolute Gasteiger partial charge is 0.497 e. The number of carbonyl (C=O) groups excluding carboxylic acids is 1. The predicted octanol–water partition coefficient (Wildman–Crippen LogP) is 1.60. The zero-order chi connectivity index (χ0) is 15.4. The summed E-state index contributed by atoms with van der Waals surface area (Å²) in [5.41, 5.74) is 5.88. The Balaban J connectivity index is 2.12. The van der Waals surface area contributed by atoms with Crippen molar-refractivity contribution in [2.75, 3.05) is 20.2 Å². The molecule has 7 heteroatoms. The average Bonchev–Trinajstić information content (AvgIpc) is 2.89. The maximum Gasteiger partial charge on any atom is 0.387 e. The highest BCUT2D eigenvalue weighted by Gasteiger charge is 2.27. The molecular formula is C14H18F2N2O3. The third-order valence-electron chi connectivity index (χ3n) is 3.55. The number of hydrogen-bond acceptors (Lipinski definition) is 4. The zero-order valence-electron chi connectivity index (χ0n) is 11.7. The van der Waals surface area contributed by atoms with Crippen LogP contribution in [0, 0.1) is 5.92 Å². The Morgan fingerprint density at radius 3 is 2.86 bits per heavy atom. The van der Waals surface area contributed by atoms with Crippen molar-refractivity contribution in [1.29, 1.82) is 0 Å². The Labute approximate surface area is 121 Å². The van der Waals surface area contributed by atoms with Crippen molar-refractivity contribution in [3.05, 3.63) is 23.8 Å². The van der Waals surface area contributed by atoms with Crippen molar-refractivity contribution in [3.63, 3.8) is 0 Å². The van der Waals surface area contributed by atoms with Crippen LogP contribution in [0.3, 0.4) is 0 Å². The fourth-order valence-electron chi connectivity index (χ4n) is 2.47. The van der Waals surface area contributed by atoms with Crippen LogP contribution in [-0.4, -0.2) is 37.6 Å². The lowest BCUT2D eigenvalue weighted by molar-refractivity contribution is -0.121. The third kappa shape index (κ3) is 4.04. The molecule has 0 saturated carbocycles. The lowest BCUT2D eigenvalue weighted by atomic mass is 10.1. The van der Waals surface area contributed by atoms with Crippen molar-refractivity contribution in [2.24, 2.45) is 11.7 Å². The number of hydrogen-bond donors (Lipinski definition) is 1. The van der Waals surface area contributed by atoms with Gasteiger partial charge in [0.05, 0.1) is 13.0 Å². The number of primary amides is 1. The van der Waals surface area contributed by atoms with Crippen LogP contribution >= 0.6 is 0 Å². The molecule has 1 heterocycles. The van der Waals surface area contributed by atoms with Crippen LogP contribution in [-0.2, 0) is 11.3 Å². The van der Waals surface area contributed by atoms with E-state index in [1.54, 1.807) is 12.1 Å². The van der Waals surface area contributed by atoms with E-state index in [2.05, 4.69) is 4.74 Å². The highest BCUT2D eigenvalue weighted by Crippen LogP contribution is 2.28. The van der Waals surface area contributed by atoms with Crippen LogP contribution in [0.25, 0.3) is 0 Å². The Morgan fingerprint density at radius 1 is 1.52 bits per heavy atom. The van der Waals surface area contributed by atoms with Crippen LogP contribution in [0.5, 0.6) is 11.5 Å². The monoisotopic (exact) mass is 300 g/mol. The van der Waals surface area contributed by atoms with E-state index in [1.165, 1.54) is 13.2 Å². The number of nitrogens with two attached hydrogens (primary N) is 1. The number of halogens is 2. The number of methoxy groups -OCH3 is 1. The second-order valence-electron chi connectivity index (χ2n) is 4.98. The summed E-state index contributed by atoms with van der Waals surface area (Å²) >= 11 is 0. The van der Waals surface area contributed by atoms with Crippen LogP contribution in [0.15, 0.2) is 18.2 Å². The number of benzene rings is 1. The highest BCUT2D eigenvalue weighted by molar-refractivity contribution is 5.77. The average molecular weight is 300 g/mol. The van der Waals surface area contributed by atoms with Crippen LogP contribution in [0.2, 0.25) is 0 Å². The SMILES string of the molecule is COc1ccc(OC(F)F)c(CN2CC[C@@H](C(N)=O)C2)c1. The van der Waals surface area contributed by atoms with Gasteiger partial charge in [-0.2, -0.15) is 8.78 Å². The van der Waals surface area contributed by atoms with E-state index < -0.39 is 6.61 Å². The molecule has 2 rings (SSSR count). The van der Waals surface area contributed by atoms with Crippen molar-refractivity contribution in [2.45, 2.75) is 19.6 Å². The van der Waals surface area contributed by atoms with Gasteiger partial charge in [-0.1, -0.05) is 0 Å². The van der Waals surface area contributed by atoms with Crippen molar-refractivity contribution < 1.29 is 23.0 Å². The molecule has 21 heavy (non-hydrogen) atoms. The minimum absolute atomic E-state index is 0.119. The fraction of sp³-hybridized carbons (Fsp3) is 0.500. The van der Waals surface area contributed by atoms with Gasteiger partial charge in [-0.15, -0.1) is 0 Å². The minimum atomic E-state index is -2.88. The summed E-state index contributed by atoms with van der Waals surface area (Å²) in [5, 5.41) is 0. The number of likely N-dealkylation sites (tertiary alicyclic amines) is 1. The number of nitrogens with zero attached hydrogens (tertiary/aromatic N) is 1. The lowest BCUT2D eigenvalue weighted by Gasteiger charge is -2.18. The van der Waals surface area contributed by atoms with Gasteiger partial charge in [0, 0.05) is 18.7 Å². The summed E-state index contributed by atoms with van der Waals surface area (Å²) in [6.45, 7) is -1.25. The van der Waals surface area contributed by atoms with E-state index in [0.717, 1.165) is 0 Å². The van der Waals surface area contributed by atoms with Gasteiger partial charge in [-0.25, -0.2) is 0 Å². The Kier molecular flexibility index (Phi) is 4.95. The molecule has 1 amide bonds. The fourth-order valence-corrected chi connectivity index (χ4v) is 2.47. The third-order valence-corrected chi connectivity index (χ3v) is 3.55. The molecule has 5 nitrogen and oxygen atoms in total. The number of alkyl halides is 2. The maximum absolute atomic E-state index is 12.4. The topological polar surface area (TPSA) is 64.8 Å². The molecule has 1 atom stereocenters. The quantitative estimate of drug-likeness (QED) is 0.867. The molecule has 1 saturated heterocycles. The molecule has 1 aromatic carbocycles. The number of ether oxygens (including phenoxy) is 2. The van der Waals surface area contributed by atoms with E-state index in [9.17, 15) is 13.6 Å². The van der Waals surface area contributed by atoms with Crippen molar-refractivity contribution in [1.82, 2.24) is 4.90 Å². The molecular weight excluding hydrogens is 282 g/mol. The molecule has 0 radical (unpaired) electrons. The van der Waals surface area contributed by atoms with Crippen LogP contribution < -0.4 is 15.2 Å². The van der Waals surface area contributed by atoms with Crippen LogP contribution in [0.1, 0.15) is 12.0 Å². The summed E-state index contributed by atoms with van der Waals surface area (Å²) < 4.78 is 34.5. The molecule has 1 aliphatic rings. The van der Waals surface area contributed by atoms with Crippen LogP contribution in [0.4, 0.5) is 8.78 Å². The van der Waals surface area contributed by atoms with Gasteiger partial charge in [0.1, 0.15) is 11.5 Å². The zero-order valence-corrected chi connectivity index (χ0v) is 11.7. The molecule has 0 spiro atoms. The smallest absolute Gasteiger partial charge is 0.387 e. The minimum Gasteiger partial charge on any atom is -0.497 e. The standard InChI is InChI=1S/C14H18F2N2O3/c1-20-11-2-3-12(21-14(15)16)10(6-11)8-18-5-4-9(7-18)13(17)19/h2-3,6,9,14H,4-5,7-8H2,1H3,(H2,17,19)/t9-/m1/s1. The first-order chi connectivity index (χ1) is 9.99. The van der Waals surface area contributed by atoms with E-state index in [4.69, 9.17) is 10.5 Å². The first-order valence-electron chi connectivity index (χ1n) is 6.63. The van der Waals surface area contributed by atoms with Crippen molar-refractivity contribution >= 4 is 5.91 Å². The van der Waals surface area contributed by atoms with Gasteiger partial charge < -0.3 is 15.2 Å². The van der Waals surface area contributed by atoms with Gasteiger partial charge in [0.15, 0.2) is 0 Å². The molecule has 0 unspecified atom stereocenters. The Hall–Kier alpha value is -1.89. The van der Waals surface area contributed by atoms with Crippen molar-refractivity contribution in [3.8, 4) is 11.5 Å². The van der Waals surface area contributed by atoms with Gasteiger partial charge >= 0.3 is 6.61 Å². The summed E-state index contributed by atoms with van der Waals surface area (Å²) in [7, 11) is 1.51. The number of rotatable bonds is 6. The molecule has 0 aromatic heterocycles. The molecule has 0 bridgehead atoms. The molecule has 1 aromatic rings. The van der Waals surface area contributed by atoms with E-state index in [-0.39, 0.29) is 17.6 Å². The Bertz CT molecular complexity index is 511. The van der Waals surface area contributed by atoms with E-state index in [1.807, 2.05) is 4.90 Å². The Morgan fingerprint density at radius 2 is 2.29 bits per heavy atom. The molecule has 0 aliphatic carbocycles. The number of amides is 1. The second kappa shape index (κ2) is 6.71. The maximum atomic E-state index is 12.4. The second-order valence-corrected chi connectivity index (χ2v) is 4.98. The summed E-state index contributed by atoms with van der Waals surface area (Å²) in [6.07, 6.45) is 0.685. The summed E-state index contributed by atoms with van der Waals surface area (Å²) in [5.74, 6) is 0.174. The first-order valence-corrected chi connectivity index (χ1v) is 6.63. The first kappa shape index (κ1) is 15.5. The van der Waals surface area contributed by atoms with Gasteiger partial charge in [-0.05, 0) is 31.2 Å². The summed E-state index contributed by atoms with van der Waals surface area (Å²) in [6, 6.07) is 4.69. The lowest BCUT2D eigenvalue weighted by Crippen LogP contribution is -2.27. The molecule has 116 valence electrons.